The maximum Gasteiger partial charge on any atom is 0.272 e. The van der Waals surface area contributed by atoms with Crippen molar-refractivity contribution in [2.45, 2.75) is 13.5 Å². The summed E-state index contributed by atoms with van der Waals surface area (Å²) in [6, 6.07) is 14.6. The number of hydrogen-bond acceptors (Lipinski definition) is 4. The first kappa shape index (κ1) is 14.5. The summed E-state index contributed by atoms with van der Waals surface area (Å²) in [6.45, 7) is 2.35. The van der Waals surface area contributed by atoms with Crippen LogP contribution in [0.2, 0.25) is 0 Å². The van der Waals surface area contributed by atoms with Crippen molar-refractivity contribution < 1.29 is 4.92 Å². The van der Waals surface area contributed by atoms with Gasteiger partial charge in [-0.1, -0.05) is 12.1 Å². The molecule has 0 unspecified atom stereocenters. The average molecular weight is 281 g/mol. The number of rotatable bonds is 4. The van der Waals surface area contributed by atoms with Crippen molar-refractivity contribution in [3.8, 4) is 6.07 Å². The molecule has 0 amide bonds. The zero-order chi connectivity index (χ0) is 15.4. The van der Waals surface area contributed by atoms with Crippen molar-refractivity contribution in [3.05, 3.63) is 69.3 Å². The Hall–Kier alpha value is -2.87. The van der Waals surface area contributed by atoms with Crippen molar-refractivity contribution in [3.63, 3.8) is 0 Å². The van der Waals surface area contributed by atoms with Crippen LogP contribution in [0.15, 0.2) is 42.5 Å². The summed E-state index contributed by atoms with van der Waals surface area (Å²) in [4.78, 5) is 12.4. The molecule has 0 spiro atoms. The third kappa shape index (κ3) is 3.37. The van der Waals surface area contributed by atoms with Gasteiger partial charge in [-0.05, 0) is 36.8 Å². The number of anilines is 1. The minimum absolute atomic E-state index is 0.132. The standard InChI is InChI=1S/C16H15N3O2/c1-12-8-14(6-7-16(12)19(20)21)11-18(2)15-5-3-4-13(9-15)10-17/h3-9H,11H2,1-2H3. The summed E-state index contributed by atoms with van der Waals surface area (Å²) < 4.78 is 0. The molecule has 0 aromatic heterocycles. The van der Waals surface area contributed by atoms with Gasteiger partial charge in [0.05, 0.1) is 16.6 Å². The van der Waals surface area contributed by atoms with Gasteiger partial charge in [-0.2, -0.15) is 5.26 Å². The Bertz CT molecular complexity index is 720. The molecule has 0 aliphatic heterocycles. The first-order valence-electron chi connectivity index (χ1n) is 6.46. The van der Waals surface area contributed by atoms with Crippen LogP contribution in [-0.2, 0) is 6.54 Å². The molecule has 21 heavy (non-hydrogen) atoms. The molecular formula is C16H15N3O2. The molecule has 2 aromatic rings. The highest BCUT2D eigenvalue weighted by molar-refractivity contribution is 5.52. The zero-order valence-electron chi connectivity index (χ0n) is 11.9. The van der Waals surface area contributed by atoms with Gasteiger partial charge in [-0.25, -0.2) is 0 Å². The highest BCUT2D eigenvalue weighted by Crippen LogP contribution is 2.21. The fraction of sp³-hybridized carbons (Fsp3) is 0.188. The predicted octanol–water partition coefficient (Wildman–Crippen LogP) is 3.41. The van der Waals surface area contributed by atoms with E-state index in [2.05, 4.69) is 6.07 Å². The van der Waals surface area contributed by atoms with E-state index in [1.54, 1.807) is 19.1 Å². The van der Waals surface area contributed by atoms with E-state index in [-0.39, 0.29) is 10.6 Å². The predicted molar refractivity (Wildman–Crippen MR) is 81.1 cm³/mol. The lowest BCUT2D eigenvalue weighted by molar-refractivity contribution is -0.385. The van der Waals surface area contributed by atoms with Crippen molar-refractivity contribution in [1.29, 1.82) is 5.26 Å². The Morgan fingerprint density at radius 1 is 1.29 bits per heavy atom. The SMILES string of the molecule is Cc1cc(CN(C)c2cccc(C#N)c2)ccc1[N+](=O)[O-]. The molecule has 106 valence electrons. The van der Waals surface area contributed by atoms with Crippen molar-refractivity contribution in [1.82, 2.24) is 0 Å². The van der Waals surface area contributed by atoms with Gasteiger partial charge in [-0.3, -0.25) is 10.1 Å². The van der Waals surface area contributed by atoms with Crippen LogP contribution in [0.5, 0.6) is 0 Å². The number of hydrogen-bond donors (Lipinski definition) is 0. The molecule has 2 rings (SSSR count). The molecule has 0 heterocycles. The normalized spacial score (nSPS) is 9.95. The van der Waals surface area contributed by atoms with Gasteiger partial charge in [0.15, 0.2) is 0 Å². The molecule has 5 nitrogen and oxygen atoms in total. The van der Waals surface area contributed by atoms with Gasteiger partial charge in [-0.15, -0.1) is 0 Å². The van der Waals surface area contributed by atoms with Crippen molar-refractivity contribution in [2.24, 2.45) is 0 Å². The van der Waals surface area contributed by atoms with Crippen LogP contribution in [0.4, 0.5) is 11.4 Å². The number of aryl methyl sites for hydroxylation is 1. The minimum Gasteiger partial charge on any atom is -0.370 e. The number of nitro groups is 1. The third-order valence-electron chi connectivity index (χ3n) is 3.29. The first-order valence-corrected chi connectivity index (χ1v) is 6.46. The van der Waals surface area contributed by atoms with Crippen LogP contribution in [-0.4, -0.2) is 12.0 Å². The van der Waals surface area contributed by atoms with Gasteiger partial charge in [0.2, 0.25) is 0 Å². The number of nitrogens with zero attached hydrogens (tertiary/aromatic N) is 3. The summed E-state index contributed by atoms with van der Waals surface area (Å²) in [5.74, 6) is 0. The molecule has 2 aromatic carbocycles. The van der Waals surface area contributed by atoms with Crippen LogP contribution < -0.4 is 4.90 Å². The van der Waals surface area contributed by atoms with E-state index in [9.17, 15) is 10.1 Å². The van der Waals surface area contributed by atoms with E-state index in [1.165, 1.54) is 6.07 Å². The van der Waals surface area contributed by atoms with Crippen LogP contribution in [0.25, 0.3) is 0 Å². The maximum atomic E-state index is 10.8. The van der Waals surface area contributed by atoms with E-state index >= 15 is 0 Å². The highest BCUT2D eigenvalue weighted by atomic mass is 16.6. The second-order valence-electron chi connectivity index (χ2n) is 4.90. The van der Waals surface area contributed by atoms with E-state index in [0.717, 1.165) is 11.3 Å². The topological polar surface area (TPSA) is 70.2 Å². The fourth-order valence-electron chi connectivity index (χ4n) is 2.20. The monoisotopic (exact) mass is 281 g/mol. The second kappa shape index (κ2) is 6.06. The Kier molecular flexibility index (Phi) is 4.19. The van der Waals surface area contributed by atoms with Gasteiger partial charge in [0.1, 0.15) is 0 Å². The number of benzene rings is 2. The smallest absolute Gasteiger partial charge is 0.272 e. The number of nitro benzene ring substituents is 1. The van der Waals surface area contributed by atoms with Crippen molar-refractivity contribution >= 4 is 11.4 Å². The lowest BCUT2D eigenvalue weighted by atomic mass is 10.1. The molecule has 0 bridgehead atoms. The Morgan fingerprint density at radius 2 is 2.05 bits per heavy atom. The van der Waals surface area contributed by atoms with Crippen LogP contribution >= 0.6 is 0 Å². The quantitative estimate of drug-likeness (QED) is 0.636. The molecule has 0 saturated heterocycles. The number of nitriles is 1. The summed E-state index contributed by atoms with van der Waals surface area (Å²) in [6.07, 6.45) is 0. The fourth-order valence-corrected chi connectivity index (χ4v) is 2.20. The molecule has 5 heteroatoms. The molecule has 0 radical (unpaired) electrons. The molecule has 0 fully saturated rings. The van der Waals surface area contributed by atoms with Gasteiger partial charge in [0, 0.05) is 30.9 Å². The zero-order valence-corrected chi connectivity index (χ0v) is 11.9. The Balaban J connectivity index is 2.19. The molecular weight excluding hydrogens is 266 g/mol. The van der Waals surface area contributed by atoms with Gasteiger partial charge in [0.25, 0.3) is 5.69 Å². The summed E-state index contributed by atoms with van der Waals surface area (Å²) in [5.41, 5.74) is 3.32. The van der Waals surface area contributed by atoms with Gasteiger partial charge < -0.3 is 4.90 Å². The third-order valence-corrected chi connectivity index (χ3v) is 3.29. The molecule has 0 atom stereocenters. The summed E-state index contributed by atoms with van der Waals surface area (Å²) >= 11 is 0. The van der Waals surface area contributed by atoms with E-state index in [0.29, 0.717) is 17.7 Å². The lowest BCUT2D eigenvalue weighted by Crippen LogP contribution is -2.16. The Morgan fingerprint density at radius 3 is 2.67 bits per heavy atom. The highest BCUT2D eigenvalue weighted by Gasteiger charge is 2.11. The van der Waals surface area contributed by atoms with E-state index in [1.807, 2.05) is 36.2 Å². The van der Waals surface area contributed by atoms with E-state index in [4.69, 9.17) is 5.26 Å². The second-order valence-corrected chi connectivity index (χ2v) is 4.90. The Labute approximate surface area is 123 Å². The van der Waals surface area contributed by atoms with Crippen LogP contribution in [0, 0.1) is 28.4 Å². The first-order chi connectivity index (χ1) is 10.0. The minimum atomic E-state index is -0.376. The molecule has 0 N–H and O–H groups in total. The lowest BCUT2D eigenvalue weighted by Gasteiger charge is -2.19. The molecule has 0 aliphatic carbocycles. The van der Waals surface area contributed by atoms with Crippen LogP contribution in [0.3, 0.4) is 0 Å². The maximum absolute atomic E-state index is 10.8. The van der Waals surface area contributed by atoms with Gasteiger partial charge >= 0.3 is 0 Å². The van der Waals surface area contributed by atoms with Crippen molar-refractivity contribution in [2.75, 3.05) is 11.9 Å². The molecule has 0 aliphatic rings. The largest absolute Gasteiger partial charge is 0.370 e. The summed E-state index contributed by atoms with van der Waals surface area (Å²) in [5, 5.41) is 19.7. The van der Waals surface area contributed by atoms with E-state index < -0.39 is 0 Å². The summed E-state index contributed by atoms with van der Waals surface area (Å²) in [7, 11) is 1.92. The molecule has 0 saturated carbocycles. The van der Waals surface area contributed by atoms with Crippen LogP contribution in [0.1, 0.15) is 16.7 Å². The average Bonchev–Trinajstić information content (AvgIpc) is 2.47.